The smallest absolute Gasteiger partial charge is 0.493 e. The Morgan fingerprint density at radius 1 is 1.10 bits per heavy atom. The number of fused-ring (bicyclic) bond motifs is 5. The molecule has 0 radical (unpaired) electrons. The van der Waals surface area contributed by atoms with E-state index in [1.165, 1.54) is 25.3 Å². The number of Topliss-reactive ketones (excluding diaryl/α,β-unsaturated/α-hetero) is 1. The van der Waals surface area contributed by atoms with Crippen molar-refractivity contribution in [2.45, 2.75) is 77.4 Å². The van der Waals surface area contributed by atoms with E-state index in [2.05, 4.69) is 4.84 Å². The normalized spacial score (nSPS) is 30.5. The van der Waals surface area contributed by atoms with Crippen molar-refractivity contribution in [1.29, 1.82) is 0 Å². The quantitative estimate of drug-likeness (QED) is 0.0983. The molecule has 5 rings (SSSR count). The first kappa shape index (κ1) is 37.5. The number of nitrogens with zero attached hydrogens (tertiary/aromatic N) is 1. The van der Waals surface area contributed by atoms with E-state index < -0.39 is 58.1 Å². The molecular weight excluding hydrogens is 670 g/mol. The highest BCUT2D eigenvalue weighted by Gasteiger charge is 2.70. The van der Waals surface area contributed by atoms with Gasteiger partial charge in [0.15, 0.2) is 29.5 Å². The molecular formula is C36H43NO14. The Morgan fingerprint density at radius 3 is 2.57 bits per heavy atom. The molecule has 7 atom stereocenters. The van der Waals surface area contributed by atoms with Crippen molar-refractivity contribution in [3.63, 3.8) is 0 Å². The van der Waals surface area contributed by atoms with Crippen LogP contribution in [0.25, 0.3) is 0 Å². The van der Waals surface area contributed by atoms with E-state index in [0.29, 0.717) is 19.3 Å². The third kappa shape index (κ3) is 7.08. The van der Waals surface area contributed by atoms with Crippen LogP contribution in [0.5, 0.6) is 11.5 Å². The number of allylic oxidation sites excluding steroid dienone is 4. The monoisotopic (exact) mass is 713 g/mol. The molecule has 0 amide bonds. The van der Waals surface area contributed by atoms with E-state index >= 15 is 0 Å². The van der Waals surface area contributed by atoms with E-state index in [-0.39, 0.29) is 79.5 Å². The second-order valence-electron chi connectivity index (χ2n) is 13.9. The number of esters is 2. The van der Waals surface area contributed by atoms with Crippen molar-refractivity contribution in [1.82, 2.24) is 0 Å². The maximum absolute atomic E-state index is 14.3. The Balaban J connectivity index is 1.32. The molecule has 0 bridgehead atoms. The first-order valence-electron chi connectivity index (χ1n) is 17.0. The summed E-state index contributed by atoms with van der Waals surface area (Å²) in [5.74, 6) is -2.73. The first-order valence-corrected chi connectivity index (χ1v) is 17.0. The number of methoxy groups -OCH3 is 1. The van der Waals surface area contributed by atoms with Crippen LogP contribution in [0, 0.1) is 38.7 Å². The highest BCUT2D eigenvalue weighted by molar-refractivity contribution is 6.01. The largest absolute Gasteiger partial charge is 0.509 e. The molecule has 1 N–H and O–H groups in total. The average molecular weight is 714 g/mol. The van der Waals surface area contributed by atoms with Gasteiger partial charge in [0.2, 0.25) is 5.78 Å². The fourth-order valence-corrected chi connectivity index (χ4v) is 9.02. The molecule has 0 spiro atoms. The predicted octanol–water partition coefficient (Wildman–Crippen LogP) is 4.51. The molecule has 1 aromatic carbocycles. The number of benzene rings is 1. The van der Waals surface area contributed by atoms with Crippen LogP contribution in [-0.2, 0) is 33.4 Å². The summed E-state index contributed by atoms with van der Waals surface area (Å²) in [7, 11) is 1.29. The lowest BCUT2D eigenvalue weighted by molar-refractivity contribution is -0.757. The summed E-state index contributed by atoms with van der Waals surface area (Å²) in [6.07, 6.45) is 5.16. The molecule has 15 heteroatoms. The highest BCUT2D eigenvalue weighted by Crippen LogP contribution is 2.68. The molecule has 3 fully saturated rings. The molecule has 3 unspecified atom stereocenters. The van der Waals surface area contributed by atoms with Gasteiger partial charge in [0.05, 0.1) is 32.0 Å². The number of hydrogen-bond acceptors (Lipinski definition) is 14. The van der Waals surface area contributed by atoms with Crippen LogP contribution in [0.4, 0.5) is 4.79 Å². The second-order valence-corrected chi connectivity index (χ2v) is 13.9. The molecule has 4 aliphatic rings. The number of ketones is 2. The zero-order valence-electron chi connectivity index (χ0n) is 29.0. The lowest BCUT2D eigenvalue weighted by atomic mass is 9.46. The van der Waals surface area contributed by atoms with E-state index in [1.807, 2.05) is 19.9 Å². The van der Waals surface area contributed by atoms with Gasteiger partial charge in [-0.3, -0.25) is 14.4 Å². The van der Waals surface area contributed by atoms with Gasteiger partial charge >= 0.3 is 18.1 Å². The van der Waals surface area contributed by atoms with Gasteiger partial charge in [0.25, 0.3) is 5.09 Å². The third-order valence-electron chi connectivity index (χ3n) is 11.3. The molecule has 51 heavy (non-hydrogen) atoms. The molecule has 276 valence electrons. The van der Waals surface area contributed by atoms with E-state index in [1.54, 1.807) is 19.1 Å². The van der Waals surface area contributed by atoms with E-state index in [0.717, 1.165) is 5.57 Å². The Morgan fingerprint density at radius 2 is 1.86 bits per heavy atom. The SMILES string of the molecule is CCOC(=O)O[C@]1(C(=O)COC(=O)c2ccc(OC(=O)CCCO[N+](=O)[O-])c(OC)c2)CCC2C3CCC4=CC(=O)C=C[C@]4(C)C3[C@@H](O)C[C@@]21C. The maximum atomic E-state index is 14.3. The van der Waals surface area contributed by atoms with Crippen LogP contribution in [0.1, 0.15) is 76.1 Å². The minimum Gasteiger partial charge on any atom is -0.493 e. The number of carbonyl (C=O) groups is 5. The second kappa shape index (κ2) is 14.8. The number of rotatable bonds is 13. The summed E-state index contributed by atoms with van der Waals surface area (Å²) >= 11 is 0. The fraction of sp³-hybridized carbons (Fsp3) is 0.583. The van der Waals surface area contributed by atoms with Crippen molar-refractivity contribution in [2.75, 3.05) is 26.9 Å². The Hall–Kier alpha value is -4.79. The van der Waals surface area contributed by atoms with Gasteiger partial charge in [-0.05, 0) is 87.6 Å². The van der Waals surface area contributed by atoms with Crippen molar-refractivity contribution in [2.24, 2.45) is 28.6 Å². The zero-order valence-corrected chi connectivity index (χ0v) is 29.0. The van der Waals surface area contributed by atoms with Crippen LogP contribution in [0.3, 0.4) is 0 Å². The number of hydrogen-bond donors (Lipinski definition) is 1. The average Bonchev–Trinajstić information content (AvgIpc) is 3.37. The Bertz CT molecular complexity index is 1650. The summed E-state index contributed by atoms with van der Waals surface area (Å²) < 4.78 is 27.0. The molecule has 0 saturated heterocycles. The number of aliphatic hydroxyl groups excluding tert-OH is 1. The zero-order chi connectivity index (χ0) is 37.1. The van der Waals surface area contributed by atoms with Gasteiger partial charge < -0.3 is 33.6 Å². The number of ether oxygens (including phenoxy) is 5. The molecule has 3 saturated carbocycles. The van der Waals surface area contributed by atoms with Crippen LogP contribution in [0.15, 0.2) is 42.0 Å². The van der Waals surface area contributed by atoms with Crippen molar-refractivity contribution < 1.29 is 62.7 Å². The van der Waals surface area contributed by atoms with Crippen molar-refractivity contribution >= 4 is 29.7 Å². The van der Waals surface area contributed by atoms with Gasteiger partial charge in [0, 0.05) is 23.2 Å². The standard InChI is InChI=1S/C36H43NO14/c1-5-47-33(43)51-36(15-13-25-24-10-9-22-18-23(38)12-14-34(22,2)31(24)26(39)19-35(25,36)3)29(40)20-48-32(42)21-8-11-27(28(17-21)46-4)50-30(41)7-6-16-49-37(44)45/h8,11-12,14,17-18,24-26,31,39H,5-7,9-10,13,15-16,19-20H2,1-4H3/t24?,25?,26-,31?,34-,35-,36-/m0/s1. The molecule has 0 aliphatic heterocycles. The molecule has 1 aromatic rings. The first-order chi connectivity index (χ1) is 24.2. The summed E-state index contributed by atoms with van der Waals surface area (Å²) in [6, 6.07) is 3.88. The fourth-order valence-electron chi connectivity index (χ4n) is 9.02. The van der Waals surface area contributed by atoms with Crippen molar-refractivity contribution in [3.8, 4) is 11.5 Å². The number of aliphatic hydroxyl groups is 1. The summed E-state index contributed by atoms with van der Waals surface area (Å²) in [5.41, 5.74) is -2.36. The molecule has 0 aromatic heterocycles. The summed E-state index contributed by atoms with van der Waals surface area (Å²) in [4.78, 5) is 79.2. The third-order valence-corrected chi connectivity index (χ3v) is 11.3. The van der Waals surface area contributed by atoms with Gasteiger partial charge in [-0.2, -0.15) is 0 Å². The van der Waals surface area contributed by atoms with Crippen LogP contribution >= 0.6 is 0 Å². The van der Waals surface area contributed by atoms with Crippen LogP contribution in [-0.4, -0.2) is 78.5 Å². The maximum Gasteiger partial charge on any atom is 0.509 e. The summed E-state index contributed by atoms with van der Waals surface area (Å²) in [5, 5.41) is 21.1. The minimum absolute atomic E-state index is 0.00717. The van der Waals surface area contributed by atoms with E-state index in [9.17, 15) is 39.2 Å². The highest BCUT2D eigenvalue weighted by atomic mass is 16.9. The van der Waals surface area contributed by atoms with E-state index in [4.69, 9.17) is 23.7 Å². The lowest BCUT2D eigenvalue weighted by Gasteiger charge is -2.59. The molecule has 15 nitrogen and oxygen atoms in total. The Labute approximate surface area is 294 Å². The van der Waals surface area contributed by atoms with Gasteiger partial charge in [0.1, 0.15) is 0 Å². The van der Waals surface area contributed by atoms with Crippen molar-refractivity contribution in [3.05, 3.63) is 57.7 Å². The lowest BCUT2D eigenvalue weighted by Crippen LogP contribution is -2.63. The molecule has 0 heterocycles. The van der Waals surface area contributed by atoms with Crippen LogP contribution < -0.4 is 9.47 Å². The van der Waals surface area contributed by atoms with Gasteiger partial charge in [-0.1, -0.05) is 25.5 Å². The molecule has 4 aliphatic carbocycles. The number of carbonyl (C=O) groups excluding carboxylic acids is 5. The predicted molar refractivity (Wildman–Crippen MR) is 175 cm³/mol. The minimum atomic E-state index is -1.76. The van der Waals surface area contributed by atoms with Gasteiger partial charge in [-0.15, -0.1) is 10.1 Å². The van der Waals surface area contributed by atoms with Gasteiger partial charge in [-0.25, -0.2) is 9.59 Å². The Kier molecular flexibility index (Phi) is 10.9. The van der Waals surface area contributed by atoms with Crippen LogP contribution in [0.2, 0.25) is 0 Å². The topological polar surface area (TPSA) is 204 Å². The summed E-state index contributed by atoms with van der Waals surface area (Å²) in [6.45, 7) is 4.47.